The summed E-state index contributed by atoms with van der Waals surface area (Å²) in [5, 5.41) is 2.76. The second-order valence-electron chi connectivity index (χ2n) is 3.96. The Kier molecular flexibility index (Phi) is 7.79. The monoisotopic (exact) mass is 286 g/mol. The molecule has 0 atom stereocenters. The zero-order chi connectivity index (χ0) is 13.5. The number of anilines is 1. The van der Waals surface area contributed by atoms with Gasteiger partial charge in [-0.3, -0.25) is 4.79 Å². The van der Waals surface area contributed by atoms with Crippen LogP contribution in [0.2, 0.25) is 0 Å². The molecular formula is C13H19ClN2O3. The Hall–Kier alpha value is -1.59. The molecule has 0 aliphatic heterocycles. The molecule has 5 nitrogen and oxygen atoms in total. The SMILES string of the molecule is COC(=O)c1ccc(C)c(NC(=O)CCCN)c1.Cl. The summed E-state index contributed by atoms with van der Waals surface area (Å²) in [4.78, 5) is 23.0. The number of aryl methyl sites for hydroxylation is 1. The standard InChI is InChI=1S/C13H18N2O3.ClH/c1-9-5-6-10(13(17)18-2)8-11(9)15-12(16)4-3-7-14;/h5-6,8H,3-4,7,14H2,1-2H3,(H,15,16);1H. The fourth-order valence-corrected chi connectivity index (χ4v) is 1.48. The Morgan fingerprint density at radius 1 is 1.37 bits per heavy atom. The molecule has 0 radical (unpaired) electrons. The highest BCUT2D eigenvalue weighted by Gasteiger charge is 2.09. The van der Waals surface area contributed by atoms with E-state index in [0.29, 0.717) is 30.6 Å². The van der Waals surface area contributed by atoms with E-state index in [1.165, 1.54) is 7.11 Å². The van der Waals surface area contributed by atoms with Crippen molar-refractivity contribution in [3.8, 4) is 0 Å². The third kappa shape index (κ3) is 5.28. The molecule has 0 saturated carbocycles. The maximum absolute atomic E-state index is 11.6. The summed E-state index contributed by atoms with van der Waals surface area (Å²) in [6.07, 6.45) is 1.01. The molecule has 0 spiro atoms. The largest absolute Gasteiger partial charge is 0.465 e. The van der Waals surface area contributed by atoms with Crippen LogP contribution >= 0.6 is 12.4 Å². The van der Waals surface area contributed by atoms with Gasteiger partial charge in [-0.2, -0.15) is 0 Å². The van der Waals surface area contributed by atoms with Crippen LogP contribution in [0, 0.1) is 6.92 Å². The molecule has 0 heterocycles. The fraction of sp³-hybridized carbons (Fsp3) is 0.385. The van der Waals surface area contributed by atoms with E-state index in [1.807, 2.05) is 6.92 Å². The maximum Gasteiger partial charge on any atom is 0.337 e. The second-order valence-corrected chi connectivity index (χ2v) is 3.96. The van der Waals surface area contributed by atoms with E-state index < -0.39 is 5.97 Å². The van der Waals surface area contributed by atoms with Crippen LogP contribution in [0.15, 0.2) is 18.2 Å². The molecule has 1 rings (SSSR count). The lowest BCUT2D eigenvalue weighted by atomic mass is 10.1. The van der Waals surface area contributed by atoms with E-state index in [-0.39, 0.29) is 18.3 Å². The van der Waals surface area contributed by atoms with Crippen LogP contribution in [-0.4, -0.2) is 25.5 Å². The smallest absolute Gasteiger partial charge is 0.337 e. The van der Waals surface area contributed by atoms with Crippen molar-refractivity contribution in [2.24, 2.45) is 5.73 Å². The predicted molar refractivity (Wildman–Crippen MR) is 76.7 cm³/mol. The predicted octanol–water partition coefficient (Wildman–Crippen LogP) is 1.88. The first-order chi connectivity index (χ1) is 8.58. The number of rotatable bonds is 5. The van der Waals surface area contributed by atoms with Crippen molar-refractivity contribution in [1.29, 1.82) is 0 Å². The summed E-state index contributed by atoms with van der Waals surface area (Å²) in [5.74, 6) is -0.530. The van der Waals surface area contributed by atoms with Gasteiger partial charge in [0.25, 0.3) is 0 Å². The highest BCUT2D eigenvalue weighted by atomic mass is 35.5. The number of benzene rings is 1. The van der Waals surface area contributed by atoms with E-state index in [9.17, 15) is 9.59 Å². The minimum atomic E-state index is -0.424. The van der Waals surface area contributed by atoms with Crippen molar-refractivity contribution in [2.75, 3.05) is 19.0 Å². The lowest BCUT2D eigenvalue weighted by molar-refractivity contribution is -0.116. The van der Waals surface area contributed by atoms with E-state index in [1.54, 1.807) is 18.2 Å². The summed E-state index contributed by atoms with van der Waals surface area (Å²) < 4.78 is 4.63. The number of halogens is 1. The lowest BCUT2D eigenvalue weighted by Gasteiger charge is -2.09. The molecule has 0 aliphatic rings. The number of carbonyl (C=O) groups is 2. The molecule has 0 aliphatic carbocycles. The Morgan fingerprint density at radius 3 is 2.63 bits per heavy atom. The van der Waals surface area contributed by atoms with Gasteiger partial charge in [0, 0.05) is 12.1 Å². The van der Waals surface area contributed by atoms with E-state index in [4.69, 9.17) is 5.73 Å². The zero-order valence-corrected chi connectivity index (χ0v) is 11.9. The highest BCUT2D eigenvalue weighted by molar-refractivity contribution is 5.95. The molecular weight excluding hydrogens is 268 g/mol. The average molecular weight is 287 g/mol. The van der Waals surface area contributed by atoms with Gasteiger partial charge in [-0.05, 0) is 37.6 Å². The van der Waals surface area contributed by atoms with Crippen molar-refractivity contribution >= 4 is 30.0 Å². The van der Waals surface area contributed by atoms with Crippen LogP contribution in [0.25, 0.3) is 0 Å². The zero-order valence-electron chi connectivity index (χ0n) is 11.1. The van der Waals surface area contributed by atoms with Crippen molar-refractivity contribution in [2.45, 2.75) is 19.8 Å². The molecule has 19 heavy (non-hydrogen) atoms. The fourth-order valence-electron chi connectivity index (χ4n) is 1.48. The van der Waals surface area contributed by atoms with Crippen molar-refractivity contribution < 1.29 is 14.3 Å². The first kappa shape index (κ1) is 17.4. The minimum Gasteiger partial charge on any atom is -0.465 e. The molecule has 1 aromatic carbocycles. The molecule has 106 valence electrons. The third-order valence-electron chi connectivity index (χ3n) is 2.54. The lowest BCUT2D eigenvalue weighted by Crippen LogP contribution is -2.14. The number of ether oxygens (including phenoxy) is 1. The molecule has 3 N–H and O–H groups in total. The Bertz CT molecular complexity index is 450. The number of carbonyl (C=O) groups excluding carboxylic acids is 2. The number of methoxy groups -OCH3 is 1. The van der Waals surface area contributed by atoms with Gasteiger partial charge in [-0.15, -0.1) is 12.4 Å². The summed E-state index contributed by atoms with van der Waals surface area (Å²) in [7, 11) is 1.32. The first-order valence-electron chi connectivity index (χ1n) is 5.77. The van der Waals surface area contributed by atoms with Gasteiger partial charge in [0.1, 0.15) is 0 Å². The van der Waals surface area contributed by atoms with Crippen molar-refractivity contribution in [3.05, 3.63) is 29.3 Å². The quantitative estimate of drug-likeness (QED) is 0.810. The van der Waals surface area contributed by atoms with Gasteiger partial charge >= 0.3 is 5.97 Å². The number of esters is 1. The molecule has 0 fully saturated rings. The number of nitrogens with two attached hydrogens (primary N) is 1. The van der Waals surface area contributed by atoms with Crippen molar-refractivity contribution in [3.63, 3.8) is 0 Å². The van der Waals surface area contributed by atoms with Gasteiger partial charge in [-0.25, -0.2) is 4.79 Å². The molecule has 0 saturated heterocycles. The van der Waals surface area contributed by atoms with E-state index >= 15 is 0 Å². The van der Waals surface area contributed by atoms with Crippen LogP contribution < -0.4 is 11.1 Å². The summed E-state index contributed by atoms with van der Waals surface area (Å²) >= 11 is 0. The van der Waals surface area contributed by atoms with E-state index in [2.05, 4.69) is 10.1 Å². The van der Waals surface area contributed by atoms with Crippen molar-refractivity contribution in [1.82, 2.24) is 0 Å². The van der Waals surface area contributed by atoms with Crippen LogP contribution in [0.4, 0.5) is 5.69 Å². The molecule has 1 aromatic rings. The van der Waals surface area contributed by atoms with Gasteiger partial charge in [0.15, 0.2) is 0 Å². The topological polar surface area (TPSA) is 81.4 Å². The number of amides is 1. The van der Waals surface area contributed by atoms with Gasteiger partial charge in [0.2, 0.25) is 5.91 Å². The van der Waals surface area contributed by atoms with Crippen LogP contribution in [0.5, 0.6) is 0 Å². The Balaban J connectivity index is 0.00000324. The van der Waals surface area contributed by atoms with Gasteiger partial charge in [0.05, 0.1) is 12.7 Å². The van der Waals surface area contributed by atoms with Crippen LogP contribution in [0.1, 0.15) is 28.8 Å². The third-order valence-corrected chi connectivity index (χ3v) is 2.54. The Labute approximate surface area is 118 Å². The molecule has 0 bridgehead atoms. The number of hydrogen-bond donors (Lipinski definition) is 2. The van der Waals surface area contributed by atoms with Crippen LogP contribution in [-0.2, 0) is 9.53 Å². The summed E-state index contributed by atoms with van der Waals surface area (Å²) in [6, 6.07) is 5.04. The first-order valence-corrected chi connectivity index (χ1v) is 5.77. The average Bonchev–Trinajstić information content (AvgIpc) is 2.38. The van der Waals surface area contributed by atoms with Crippen LogP contribution in [0.3, 0.4) is 0 Å². The number of nitrogens with one attached hydrogen (secondary N) is 1. The summed E-state index contributed by atoms with van der Waals surface area (Å²) in [6.45, 7) is 2.34. The van der Waals surface area contributed by atoms with Gasteiger partial charge in [-0.1, -0.05) is 6.07 Å². The molecule has 1 amide bonds. The number of hydrogen-bond acceptors (Lipinski definition) is 4. The molecule has 0 aromatic heterocycles. The summed E-state index contributed by atoms with van der Waals surface area (Å²) in [5.41, 5.74) is 7.27. The van der Waals surface area contributed by atoms with E-state index in [0.717, 1.165) is 5.56 Å². The van der Waals surface area contributed by atoms with Gasteiger partial charge < -0.3 is 15.8 Å². The molecule has 0 unspecified atom stereocenters. The highest BCUT2D eigenvalue weighted by Crippen LogP contribution is 2.17. The molecule has 6 heteroatoms. The second kappa shape index (κ2) is 8.50. The minimum absolute atomic E-state index is 0. The normalized spacial score (nSPS) is 9.42. The Morgan fingerprint density at radius 2 is 2.05 bits per heavy atom. The maximum atomic E-state index is 11.6.